The van der Waals surface area contributed by atoms with Crippen molar-refractivity contribution in [2.75, 3.05) is 11.9 Å². The fourth-order valence-corrected chi connectivity index (χ4v) is 2.92. The Hall–Kier alpha value is -1.09. The summed E-state index contributed by atoms with van der Waals surface area (Å²) in [5.41, 5.74) is 1.37. The number of nitrogens with zero attached hydrogens (tertiary/aromatic N) is 2. The SMILES string of the molecule is CCCNc1cc(CN2[C@H](C)CCC[C@@H]2C)ccn1. The number of pyridine rings is 1. The Morgan fingerprint density at radius 1 is 1.32 bits per heavy atom. The molecule has 0 radical (unpaired) electrons. The monoisotopic (exact) mass is 261 g/mol. The lowest BCUT2D eigenvalue weighted by Gasteiger charge is -2.39. The van der Waals surface area contributed by atoms with E-state index >= 15 is 0 Å². The second kappa shape index (κ2) is 6.90. The van der Waals surface area contributed by atoms with E-state index in [9.17, 15) is 0 Å². The number of hydrogen-bond acceptors (Lipinski definition) is 3. The largest absolute Gasteiger partial charge is 0.370 e. The zero-order valence-electron chi connectivity index (χ0n) is 12.5. The molecule has 3 heteroatoms. The predicted molar refractivity (Wildman–Crippen MR) is 81.3 cm³/mol. The van der Waals surface area contributed by atoms with Crippen LogP contribution in [0.15, 0.2) is 18.3 Å². The molecule has 1 fully saturated rings. The third-order valence-electron chi connectivity index (χ3n) is 4.12. The van der Waals surface area contributed by atoms with E-state index in [1.807, 2.05) is 6.20 Å². The lowest BCUT2D eigenvalue weighted by molar-refractivity contribution is 0.0953. The standard InChI is InChI=1S/C16H27N3/c1-4-9-17-16-11-15(8-10-18-16)12-19-13(2)6-5-7-14(19)3/h8,10-11,13-14H,4-7,9,12H2,1-3H3,(H,17,18)/t13-,14+. The summed E-state index contributed by atoms with van der Waals surface area (Å²) in [5, 5.41) is 3.36. The third kappa shape index (κ3) is 3.93. The minimum atomic E-state index is 0.698. The van der Waals surface area contributed by atoms with Gasteiger partial charge in [-0.15, -0.1) is 0 Å². The first-order valence-electron chi connectivity index (χ1n) is 7.65. The van der Waals surface area contributed by atoms with Gasteiger partial charge >= 0.3 is 0 Å². The van der Waals surface area contributed by atoms with Crippen LogP contribution in [0.1, 0.15) is 52.0 Å². The van der Waals surface area contributed by atoms with Gasteiger partial charge in [0.2, 0.25) is 0 Å². The maximum absolute atomic E-state index is 4.38. The van der Waals surface area contributed by atoms with Gasteiger partial charge in [-0.1, -0.05) is 13.3 Å². The molecule has 1 aromatic heterocycles. The van der Waals surface area contributed by atoms with Gasteiger partial charge in [-0.05, 0) is 50.8 Å². The summed E-state index contributed by atoms with van der Waals surface area (Å²) in [6, 6.07) is 5.74. The Morgan fingerprint density at radius 2 is 2.05 bits per heavy atom. The fourth-order valence-electron chi connectivity index (χ4n) is 2.92. The number of rotatable bonds is 5. The van der Waals surface area contributed by atoms with Crippen molar-refractivity contribution in [3.05, 3.63) is 23.9 Å². The first-order valence-corrected chi connectivity index (χ1v) is 7.65. The molecule has 0 spiro atoms. The zero-order valence-corrected chi connectivity index (χ0v) is 12.5. The quantitative estimate of drug-likeness (QED) is 0.876. The van der Waals surface area contributed by atoms with Crippen LogP contribution in [0.4, 0.5) is 5.82 Å². The molecule has 3 nitrogen and oxygen atoms in total. The highest BCUT2D eigenvalue weighted by atomic mass is 15.2. The van der Waals surface area contributed by atoms with E-state index in [0.29, 0.717) is 12.1 Å². The maximum atomic E-state index is 4.38. The Kier molecular flexibility index (Phi) is 5.20. The Labute approximate surface area is 117 Å². The second-order valence-corrected chi connectivity index (χ2v) is 5.78. The minimum absolute atomic E-state index is 0.698. The van der Waals surface area contributed by atoms with Gasteiger partial charge in [0.05, 0.1) is 0 Å². The van der Waals surface area contributed by atoms with Gasteiger partial charge in [0, 0.05) is 31.4 Å². The van der Waals surface area contributed by atoms with Crippen LogP contribution < -0.4 is 5.32 Å². The molecule has 1 N–H and O–H groups in total. The average Bonchev–Trinajstić information content (AvgIpc) is 2.41. The topological polar surface area (TPSA) is 28.2 Å². The highest BCUT2D eigenvalue weighted by Gasteiger charge is 2.24. The van der Waals surface area contributed by atoms with Crippen LogP contribution in [0.25, 0.3) is 0 Å². The van der Waals surface area contributed by atoms with Crippen LogP contribution >= 0.6 is 0 Å². The van der Waals surface area contributed by atoms with E-state index in [2.05, 4.69) is 48.1 Å². The van der Waals surface area contributed by atoms with Crippen molar-refractivity contribution in [3.63, 3.8) is 0 Å². The van der Waals surface area contributed by atoms with Gasteiger partial charge in [0.15, 0.2) is 0 Å². The highest BCUT2D eigenvalue weighted by molar-refractivity contribution is 5.37. The molecule has 0 amide bonds. The summed E-state index contributed by atoms with van der Waals surface area (Å²) < 4.78 is 0. The first-order chi connectivity index (χ1) is 9.20. The van der Waals surface area contributed by atoms with Crippen LogP contribution in [-0.4, -0.2) is 28.5 Å². The predicted octanol–water partition coefficient (Wildman–Crippen LogP) is 3.67. The normalized spacial score (nSPS) is 24.4. The van der Waals surface area contributed by atoms with Crippen molar-refractivity contribution < 1.29 is 0 Å². The number of likely N-dealkylation sites (tertiary alicyclic amines) is 1. The average molecular weight is 261 g/mol. The Bertz CT molecular complexity index is 381. The van der Waals surface area contributed by atoms with E-state index in [1.165, 1.54) is 24.8 Å². The van der Waals surface area contributed by atoms with Crippen molar-refractivity contribution in [3.8, 4) is 0 Å². The van der Waals surface area contributed by atoms with Crippen LogP contribution in [0, 0.1) is 0 Å². The lowest BCUT2D eigenvalue weighted by Crippen LogP contribution is -2.42. The van der Waals surface area contributed by atoms with Crippen molar-refractivity contribution >= 4 is 5.82 Å². The van der Waals surface area contributed by atoms with E-state index in [0.717, 1.165) is 25.3 Å². The smallest absolute Gasteiger partial charge is 0.126 e. The molecule has 19 heavy (non-hydrogen) atoms. The van der Waals surface area contributed by atoms with Crippen molar-refractivity contribution in [2.24, 2.45) is 0 Å². The van der Waals surface area contributed by atoms with Crippen molar-refractivity contribution in [1.29, 1.82) is 0 Å². The number of piperidine rings is 1. The molecular formula is C16H27N3. The molecule has 1 aromatic rings. The zero-order chi connectivity index (χ0) is 13.7. The number of anilines is 1. The summed E-state index contributed by atoms with van der Waals surface area (Å²) in [6.45, 7) is 8.92. The molecule has 1 saturated heterocycles. The number of aromatic nitrogens is 1. The van der Waals surface area contributed by atoms with E-state index in [-0.39, 0.29) is 0 Å². The molecule has 1 aliphatic rings. The molecule has 1 aliphatic heterocycles. The second-order valence-electron chi connectivity index (χ2n) is 5.78. The van der Waals surface area contributed by atoms with E-state index < -0.39 is 0 Å². The molecule has 0 bridgehead atoms. The molecule has 2 heterocycles. The molecule has 0 aromatic carbocycles. The maximum Gasteiger partial charge on any atom is 0.126 e. The van der Waals surface area contributed by atoms with E-state index in [1.54, 1.807) is 0 Å². The van der Waals surface area contributed by atoms with Gasteiger partial charge in [-0.3, -0.25) is 4.90 Å². The van der Waals surface area contributed by atoms with Gasteiger partial charge in [0.1, 0.15) is 5.82 Å². The van der Waals surface area contributed by atoms with Gasteiger partial charge in [-0.25, -0.2) is 4.98 Å². The minimum Gasteiger partial charge on any atom is -0.370 e. The van der Waals surface area contributed by atoms with E-state index in [4.69, 9.17) is 0 Å². The summed E-state index contributed by atoms with van der Waals surface area (Å²) in [6.07, 6.45) is 7.09. The molecule has 0 saturated carbocycles. The number of nitrogens with one attached hydrogen (secondary N) is 1. The van der Waals surface area contributed by atoms with Crippen molar-refractivity contribution in [1.82, 2.24) is 9.88 Å². The molecule has 106 valence electrons. The van der Waals surface area contributed by atoms with Gasteiger partial charge < -0.3 is 5.32 Å². The van der Waals surface area contributed by atoms with Crippen LogP contribution in [0.3, 0.4) is 0 Å². The number of hydrogen-bond donors (Lipinski definition) is 1. The Morgan fingerprint density at radius 3 is 2.74 bits per heavy atom. The van der Waals surface area contributed by atoms with Crippen LogP contribution in [-0.2, 0) is 6.54 Å². The van der Waals surface area contributed by atoms with Gasteiger partial charge in [0.25, 0.3) is 0 Å². The first kappa shape index (κ1) is 14.3. The fraction of sp³-hybridized carbons (Fsp3) is 0.688. The molecular weight excluding hydrogens is 234 g/mol. The molecule has 0 unspecified atom stereocenters. The van der Waals surface area contributed by atoms with Gasteiger partial charge in [-0.2, -0.15) is 0 Å². The third-order valence-corrected chi connectivity index (χ3v) is 4.12. The summed E-state index contributed by atoms with van der Waals surface area (Å²) in [4.78, 5) is 7.01. The highest BCUT2D eigenvalue weighted by Crippen LogP contribution is 2.24. The lowest BCUT2D eigenvalue weighted by atomic mass is 9.97. The summed E-state index contributed by atoms with van der Waals surface area (Å²) >= 11 is 0. The Balaban J connectivity index is 2.01. The molecule has 2 atom stereocenters. The molecule has 0 aliphatic carbocycles. The molecule has 2 rings (SSSR count). The van der Waals surface area contributed by atoms with Crippen LogP contribution in [0.5, 0.6) is 0 Å². The van der Waals surface area contributed by atoms with Crippen LogP contribution in [0.2, 0.25) is 0 Å². The van der Waals surface area contributed by atoms with Crippen molar-refractivity contribution in [2.45, 2.75) is 65.1 Å². The summed E-state index contributed by atoms with van der Waals surface area (Å²) in [5.74, 6) is 1.01. The summed E-state index contributed by atoms with van der Waals surface area (Å²) in [7, 11) is 0.